The maximum Gasteiger partial charge on any atom is 0.259 e. The molecule has 0 aliphatic heterocycles. The Hall–Kier alpha value is -3.92. The first-order valence-corrected chi connectivity index (χ1v) is 8.92. The van der Waals surface area contributed by atoms with E-state index in [2.05, 4.69) is 10.3 Å². The molecule has 4 aromatic rings. The molecule has 0 aliphatic rings. The number of anilines is 1. The predicted molar refractivity (Wildman–Crippen MR) is 111 cm³/mol. The standard InChI is InChI=1S/C24H18N2O2/c27-23-13-12-19(22-11-4-5-14-25-22)16-21(23)24(28)26-20-10-6-9-18(15-20)17-7-2-1-3-8-17/h1-16,27H,(H,26,28). The van der Waals surface area contributed by atoms with Gasteiger partial charge in [-0.2, -0.15) is 0 Å². The molecule has 4 rings (SSSR count). The molecule has 0 spiro atoms. The first kappa shape index (κ1) is 17.5. The number of rotatable bonds is 4. The van der Waals surface area contributed by atoms with Crippen LogP contribution in [0.5, 0.6) is 5.75 Å². The van der Waals surface area contributed by atoms with Crippen LogP contribution in [-0.2, 0) is 0 Å². The monoisotopic (exact) mass is 366 g/mol. The lowest BCUT2D eigenvalue weighted by Crippen LogP contribution is -2.12. The lowest BCUT2D eigenvalue weighted by atomic mass is 10.0. The van der Waals surface area contributed by atoms with Crippen LogP contribution in [0.1, 0.15) is 10.4 Å². The fourth-order valence-corrected chi connectivity index (χ4v) is 3.02. The Morgan fingerprint density at radius 1 is 0.750 bits per heavy atom. The lowest BCUT2D eigenvalue weighted by molar-refractivity contribution is 0.102. The Bertz CT molecular complexity index is 1110. The molecule has 0 fully saturated rings. The number of nitrogens with zero attached hydrogens (tertiary/aromatic N) is 1. The molecule has 2 N–H and O–H groups in total. The van der Waals surface area contributed by atoms with Gasteiger partial charge in [0.1, 0.15) is 5.75 Å². The smallest absolute Gasteiger partial charge is 0.259 e. The van der Waals surface area contributed by atoms with Gasteiger partial charge in [-0.15, -0.1) is 0 Å². The minimum atomic E-state index is -0.375. The van der Waals surface area contributed by atoms with Crippen molar-refractivity contribution in [3.63, 3.8) is 0 Å². The molecule has 0 radical (unpaired) electrons. The lowest BCUT2D eigenvalue weighted by Gasteiger charge is -2.10. The molecule has 0 saturated heterocycles. The van der Waals surface area contributed by atoms with Gasteiger partial charge in [0.2, 0.25) is 0 Å². The second kappa shape index (κ2) is 7.76. The molecule has 0 unspecified atom stereocenters. The highest BCUT2D eigenvalue weighted by atomic mass is 16.3. The number of pyridine rings is 1. The Morgan fingerprint density at radius 3 is 2.32 bits per heavy atom. The minimum absolute atomic E-state index is 0.0728. The number of aromatic nitrogens is 1. The van der Waals surface area contributed by atoms with E-state index in [1.54, 1.807) is 18.3 Å². The summed E-state index contributed by atoms with van der Waals surface area (Å²) in [6.45, 7) is 0. The molecule has 1 aromatic heterocycles. The minimum Gasteiger partial charge on any atom is -0.507 e. The average Bonchev–Trinajstić information content (AvgIpc) is 2.75. The van der Waals surface area contributed by atoms with E-state index in [9.17, 15) is 9.90 Å². The Labute approximate surface area is 163 Å². The first-order valence-electron chi connectivity index (χ1n) is 8.92. The largest absolute Gasteiger partial charge is 0.507 e. The van der Waals surface area contributed by atoms with Crippen LogP contribution in [0.2, 0.25) is 0 Å². The highest BCUT2D eigenvalue weighted by molar-refractivity contribution is 6.07. The van der Waals surface area contributed by atoms with Gasteiger partial charge in [0.05, 0.1) is 11.3 Å². The highest BCUT2D eigenvalue weighted by Gasteiger charge is 2.14. The van der Waals surface area contributed by atoms with E-state index in [4.69, 9.17) is 0 Å². The van der Waals surface area contributed by atoms with Gasteiger partial charge in [0, 0.05) is 17.4 Å². The zero-order valence-electron chi connectivity index (χ0n) is 15.0. The average molecular weight is 366 g/mol. The molecule has 1 amide bonds. The number of hydrogen-bond acceptors (Lipinski definition) is 3. The van der Waals surface area contributed by atoms with Crippen LogP contribution in [0.15, 0.2) is 97.2 Å². The number of phenols is 1. The van der Waals surface area contributed by atoms with E-state index in [1.165, 1.54) is 6.07 Å². The van der Waals surface area contributed by atoms with Gasteiger partial charge in [-0.05, 0) is 53.6 Å². The summed E-state index contributed by atoms with van der Waals surface area (Å²) in [6, 6.07) is 28.0. The van der Waals surface area contributed by atoms with Crippen LogP contribution >= 0.6 is 0 Å². The van der Waals surface area contributed by atoms with E-state index < -0.39 is 0 Å². The number of benzene rings is 3. The van der Waals surface area contributed by atoms with Crippen molar-refractivity contribution in [1.29, 1.82) is 0 Å². The summed E-state index contributed by atoms with van der Waals surface area (Å²) < 4.78 is 0. The predicted octanol–water partition coefficient (Wildman–Crippen LogP) is 5.37. The molecule has 4 nitrogen and oxygen atoms in total. The fourth-order valence-electron chi connectivity index (χ4n) is 3.02. The summed E-state index contributed by atoms with van der Waals surface area (Å²) in [5.74, 6) is -0.447. The van der Waals surface area contributed by atoms with Crippen LogP contribution in [0.4, 0.5) is 5.69 Å². The Kier molecular flexibility index (Phi) is 4.85. The normalized spacial score (nSPS) is 10.4. The number of phenolic OH excluding ortho intramolecular Hbond substituents is 1. The third-order valence-electron chi connectivity index (χ3n) is 4.43. The number of aromatic hydroxyl groups is 1. The number of hydrogen-bond donors (Lipinski definition) is 2. The van der Waals surface area contributed by atoms with Crippen molar-refractivity contribution in [3.05, 3.63) is 103 Å². The zero-order chi connectivity index (χ0) is 19.3. The third-order valence-corrected chi connectivity index (χ3v) is 4.43. The molecule has 0 saturated carbocycles. The van der Waals surface area contributed by atoms with Gasteiger partial charge in [0.25, 0.3) is 5.91 Å². The number of carbonyl (C=O) groups excluding carboxylic acids is 1. The van der Waals surface area contributed by atoms with Crippen LogP contribution < -0.4 is 5.32 Å². The van der Waals surface area contributed by atoms with Crippen molar-refractivity contribution in [2.24, 2.45) is 0 Å². The number of carbonyl (C=O) groups is 1. The van der Waals surface area contributed by atoms with Crippen molar-refractivity contribution in [2.75, 3.05) is 5.32 Å². The van der Waals surface area contributed by atoms with Crippen LogP contribution in [0, 0.1) is 0 Å². The van der Waals surface area contributed by atoms with Gasteiger partial charge in [-0.25, -0.2) is 0 Å². The number of amides is 1. The van der Waals surface area contributed by atoms with Gasteiger partial charge in [-0.1, -0.05) is 48.5 Å². The zero-order valence-corrected chi connectivity index (χ0v) is 15.0. The van der Waals surface area contributed by atoms with Gasteiger partial charge in [-0.3, -0.25) is 9.78 Å². The summed E-state index contributed by atoms with van der Waals surface area (Å²) in [7, 11) is 0. The van der Waals surface area contributed by atoms with Gasteiger partial charge in [0.15, 0.2) is 0 Å². The fraction of sp³-hybridized carbons (Fsp3) is 0. The molecule has 0 atom stereocenters. The van der Waals surface area contributed by atoms with E-state index in [0.717, 1.165) is 22.4 Å². The maximum absolute atomic E-state index is 12.8. The highest BCUT2D eigenvalue weighted by Crippen LogP contribution is 2.27. The van der Waals surface area contributed by atoms with Crippen LogP contribution in [0.3, 0.4) is 0 Å². The van der Waals surface area contributed by atoms with E-state index in [1.807, 2.05) is 72.8 Å². The summed E-state index contributed by atoms with van der Waals surface area (Å²) in [6.07, 6.45) is 1.69. The van der Waals surface area contributed by atoms with Gasteiger partial charge < -0.3 is 10.4 Å². The Morgan fingerprint density at radius 2 is 1.54 bits per heavy atom. The summed E-state index contributed by atoms with van der Waals surface area (Å²) in [5, 5.41) is 13.1. The molecule has 28 heavy (non-hydrogen) atoms. The quantitative estimate of drug-likeness (QED) is 0.510. The van der Waals surface area contributed by atoms with E-state index in [-0.39, 0.29) is 17.2 Å². The van der Waals surface area contributed by atoms with Crippen molar-refractivity contribution in [2.45, 2.75) is 0 Å². The molecule has 136 valence electrons. The van der Waals surface area contributed by atoms with Crippen LogP contribution in [0.25, 0.3) is 22.4 Å². The summed E-state index contributed by atoms with van der Waals surface area (Å²) in [5.41, 5.74) is 4.44. The molecule has 0 bridgehead atoms. The van der Waals surface area contributed by atoms with Crippen molar-refractivity contribution >= 4 is 11.6 Å². The van der Waals surface area contributed by atoms with Crippen LogP contribution in [-0.4, -0.2) is 16.0 Å². The molecule has 1 heterocycles. The molecule has 4 heteroatoms. The third kappa shape index (κ3) is 3.76. The topological polar surface area (TPSA) is 62.2 Å². The Balaban J connectivity index is 1.61. The van der Waals surface area contributed by atoms with Crippen molar-refractivity contribution < 1.29 is 9.90 Å². The summed E-state index contributed by atoms with van der Waals surface area (Å²) in [4.78, 5) is 17.1. The second-order valence-electron chi connectivity index (χ2n) is 6.35. The van der Waals surface area contributed by atoms with E-state index >= 15 is 0 Å². The van der Waals surface area contributed by atoms with Crippen molar-refractivity contribution in [3.8, 4) is 28.1 Å². The molecule has 0 aliphatic carbocycles. The first-order chi connectivity index (χ1) is 13.7. The second-order valence-corrected chi connectivity index (χ2v) is 6.35. The molecular weight excluding hydrogens is 348 g/mol. The maximum atomic E-state index is 12.8. The summed E-state index contributed by atoms with van der Waals surface area (Å²) >= 11 is 0. The number of nitrogens with one attached hydrogen (secondary N) is 1. The molecule has 3 aromatic carbocycles. The van der Waals surface area contributed by atoms with E-state index in [0.29, 0.717) is 5.69 Å². The van der Waals surface area contributed by atoms with Crippen molar-refractivity contribution in [1.82, 2.24) is 4.98 Å². The SMILES string of the molecule is O=C(Nc1cccc(-c2ccccc2)c1)c1cc(-c2ccccn2)ccc1O. The molecular formula is C24H18N2O2. The van der Waals surface area contributed by atoms with Gasteiger partial charge >= 0.3 is 0 Å².